The average Bonchev–Trinajstić information content (AvgIpc) is 2.64. The Hall–Kier alpha value is -2.93. The molecule has 26 heavy (non-hydrogen) atoms. The first-order valence-corrected chi connectivity index (χ1v) is 8.30. The summed E-state index contributed by atoms with van der Waals surface area (Å²) in [6, 6.07) is 15.9. The lowest BCUT2D eigenvalue weighted by Crippen LogP contribution is -2.42. The number of carbonyl (C=O) groups excluding carboxylic acids is 1. The van der Waals surface area contributed by atoms with Crippen molar-refractivity contribution in [3.63, 3.8) is 0 Å². The molecule has 1 N–H and O–H groups in total. The molecule has 0 fully saturated rings. The number of nitrogens with one attached hydrogen (secondary N) is 1. The molecule has 1 atom stereocenters. The molecule has 0 aliphatic heterocycles. The van der Waals surface area contributed by atoms with Gasteiger partial charge >= 0.3 is 0 Å². The largest absolute Gasteiger partial charge is 0.484 e. The van der Waals surface area contributed by atoms with Crippen LogP contribution in [0.3, 0.4) is 0 Å². The predicted molar refractivity (Wildman–Crippen MR) is 99.2 cm³/mol. The van der Waals surface area contributed by atoms with Crippen molar-refractivity contribution in [3.8, 4) is 5.75 Å². The molecule has 138 valence electrons. The number of hydrogen-bond acceptors (Lipinski definition) is 5. The van der Waals surface area contributed by atoms with Gasteiger partial charge in [0.2, 0.25) is 0 Å². The Balaban J connectivity index is 1.79. The standard InChI is InChI=1S/C19H23N3O4/c1-21(2)17(12-15-6-4-3-5-7-15)13-20-19(23)14-26-18-10-8-16(9-11-18)22(24)25/h3-11,17H,12-14H2,1-2H3,(H,20,23). The normalized spacial score (nSPS) is 11.8. The summed E-state index contributed by atoms with van der Waals surface area (Å²) < 4.78 is 5.37. The molecule has 0 aromatic heterocycles. The molecule has 2 rings (SSSR count). The van der Waals surface area contributed by atoms with E-state index in [0.29, 0.717) is 12.3 Å². The second-order valence-electron chi connectivity index (χ2n) is 6.15. The third-order valence-electron chi connectivity index (χ3n) is 4.00. The van der Waals surface area contributed by atoms with Crippen LogP contribution in [0.1, 0.15) is 5.56 Å². The van der Waals surface area contributed by atoms with Gasteiger partial charge in [-0.15, -0.1) is 0 Å². The fourth-order valence-corrected chi connectivity index (χ4v) is 2.42. The first kappa shape index (κ1) is 19.4. The van der Waals surface area contributed by atoms with E-state index < -0.39 is 4.92 Å². The summed E-state index contributed by atoms with van der Waals surface area (Å²) in [7, 11) is 3.96. The SMILES string of the molecule is CN(C)C(CNC(=O)COc1ccc([N+](=O)[O-])cc1)Cc1ccccc1. The minimum Gasteiger partial charge on any atom is -0.484 e. The number of amides is 1. The zero-order chi connectivity index (χ0) is 18.9. The van der Waals surface area contributed by atoms with Gasteiger partial charge in [0.15, 0.2) is 6.61 Å². The number of likely N-dealkylation sites (N-methyl/N-ethyl adjacent to an activating group) is 1. The van der Waals surface area contributed by atoms with Crippen molar-refractivity contribution in [3.05, 3.63) is 70.3 Å². The molecule has 7 nitrogen and oxygen atoms in total. The maximum absolute atomic E-state index is 12.0. The number of non-ortho nitro benzene ring substituents is 1. The van der Waals surface area contributed by atoms with Crippen molar-refractivity contribution in [2.45, 2.75) is 12.5 Å². The van der Waals surface area contributed by atoms with Crippen LogP contribution in [0.2, 0.25) is 0 Å². The quantitative estimate of drug-likeness (QED) is 0.550. The smallest absolute Gasteiger partial charge is 0.269 e. The van der Waals surface area contributed by atoms with E-state index in [2.05, 4.69) is 22.3 Å². The summed E-state index contributed by atoms with van der Waals surface area (Å²) in [6.07, 6.45) is 0.831. The van der Waals surface area contributed by atoms with E-state index in [9.17, 15) is 14.9 Å². The Kier molecular flexibility index (Phi) is 7.11. The fourth-order valence-electron chi connectivity index (χ4n) is 2.42. The first-order chi connectivity index (χ1) is 12.5. The number of ether oxygens (including phenoxy) is 1. The summed E-state index contributed by atoms with van der Waals surface area (Å²) in [5.41, 5.74) is 1.19. The molecule has 0 aliphatic carbocycles. The lowest BCUT2D eigenvalue weighted by Gasteiger charge is -2.24. The molecular weight excluding hydrogens is 334 g/mol. The molecule has 0 saturated heterocycles. The number of carbonyl (C=O) groups is 1. The molecule has 2 aromatic rings. The molecule has 1 amide bonds. The Morgan fingerprint density at radius 1 is 1.15 bits per heavy atom. The number of benzene rings is 2. The van der Waals surface area contributed by atoms with Gasteiger partial charge in [-0.3, -0.25) is 14.9 Å². The highest BCUT2D eigenvalue weighted by molar-refractivity contribution is 5.77. The Bertz CT molecular complexity index is 717. The number of nitro benzene ring substituents is 1. The van der Waals surface area contributed by atoms with Crippen LogP contribution in [0, 0.1) is 10.1 Å². The van der Waals surface area contributed by atoms with Crippen molar-refractivity contribution >= 4 is 11.6 Å². The number of rotatable bonds is 9. The highest BCUT2D eigenvalue weighted by atomic mass is 16.6. The molecule has 1 unspecified atom stereocenters. The third kappa shape index (κ3) is 6.18. The van der Waals surface area contributed by atoms with Crippen LogP contribution in [-0.2, 0) is 11.2 Å². The zero-order valence-electron chi connectivity index (χ0n) is 14.9. The molecule has 2 aromatic carbocycles. The number of hydrogen-bond donors (Lipinski definition) is 1. The highest BCUT2D eigenvalue weighted by Crippen LogP contribution is 2.17. The summed E-state index contributed by atoms with van der Waals surface area (Å²) in [4.78, 5) is 24.2. The minimum atomic E-state index is -0.482. The fraction of sp³-hybridized carbons (Fsp3) is 0.316. The topological polar surface area (TPSA) is 84.7 Å². The number of nitro groups is 1. The molecule has 0 saturated carbocycles. The summed E-state index contributed by atoms with van der Waals surface area (Å²) in [5, 5.41) is 13.5. The molecule has 0 radical (unpaired) electrons. The van der Waals surface area contributed by atoms with E-state index in [4.69, 9.17) is 4.74 Å². The van der Waals surface area contributed by atoms with Crippen molar-refractivity contribution in [2.75, 3.05) is 27.2 Å². The lowest BCUT2D eigenvalue weighted by atomic mass is 10.1. The van der Waals surface area contributed by atoms with Gasteiger partial charge in [-0.1, -0.05) is 30.3 Å². The molecule has 0 heterocycles. The van der Waals surface area contributed by atoms with Crippen LogP contribution < -0.4 is 10.1 Å². The van der Waals surface area contributed by atoms with E-state index >= 15 is 0 Å². The van der Waals surface area contributed by atoms with Crippen LogP contribution >= 0.6 is 0 Å². The van der Waals surface area contributed by atoms with Gasteiger partial charge in [-0.05, 0) is 38.2 Å². The van der Waals surface area contributed by atoms with Gasteiger partial charge in [-0.2, -0.15) is 0 Å². The van der Waals surface area contributed by atoms with E-state index in [1.54, 1.807) is 0 Å². The van der Waals surface area contributed by atoms with Crippen LogP contribution in [0.25, 0.3) is 0 Å². The van der Waals surface area contributed by atoms with Gasteiger partial charge in [0.1, 0.15) is 5.75 Å². The van der Waals surface area contributed by atoms with Crippen molar-refractivity contribution in [1.82, 2.24) is 10.2 Å². The van der Waals surface area contributed by atoms with Crippen molar-refractivity contribution in [1.29, 1.82) is 0 Å². The second kappa shape index (κ2) is 9.53. The summed E-state index contributed by atoms with van der Waals surface area (Å²) in [6.45, 7) is 0.369. The van der Waals surface area contributed by atoms with Crippen LogP contribution in [-0.4, -0.2) is 49.0 Å². The zero-order valence-corrected chi connectivity index (χ0v) is 14.9. The summed E-state index contributed by atoms with van der Waals surface area (Å²) >= 11 is 0. The number of nitrogens with zero attached hydrogens (tertiary/aromatic N) is 2. The Morgan fingerprint density at radius 2 is 1.81 bits per heavy atom. The van der Waals surface area contributed by atoms with Gasteiger partial charge in [-0.25, -0.2) is 0 Å². The van der Waals surface area contributed by atoms with E-state index in [0.717, 1.165) is 6.42 Å². The van der Waals surface area contributed by atoms with Gasteiger partial charge in [0.25, 0.3) is 11.6 Å². The Labute approximate surface area is 152 Å². The minimum absolute atomic E-state index is 0.0171. The van der Waals surface area contributed by atoms with Crippen LogP contribution in [0.15, 0.2) is 54.6 Å². The monoisotopic (exact) mass is 357 g/mol. The second-order valence-corrected chi connectivity index (χ2v) is 6.15. The van der Waals surface area contributed by atoms with Crippen molar-refractivity contribution < 1.29 is 14.5 Å². The maximum atomic E-state index is 12.0. The molecule has 7 heteroatoms. The van der Waals surface area contributed by atoms with E-state index in [1.807, 2.05) is 32.3 Å². The lowest BCUT2D eigenvalue weighted by molar-refractivity contribution is -0.384. The maximum Gasteiger partial charge on any atom is 0.269 e. The molecule has 0 spiro atoms. The van der Waals surface area contributed by atoms with E-state index in [1.165, 1.54) is 29.8 Å². The summed E-state index contributed by atoms with van der Waals surface area (Å²) in [5.74, 6) is 0.183. The molecule has 0 aliphatic rings. The van der Waals surface area contributed by atoms with Gasteiger partial charge in [0, 0.05) is 24.7 Å². The highest BCUT2D eigenvalue weighted by Gasteiger charge is 2.14. The Morgan fingerprint density at radius 3 is 2.38 bits per heavy atom. The van der Waals surface area contributed by atoms with E-state index in [-0.39, 0.29) is 24.2 Å². The van der Waals surface area contributed by atoms with Crippen molar-refractivity contribution in [2.24, 2.45) is 0 Å². The molecule has 0 bridgehead atoms. The van der Waals surface area contributed by atoms with Gasteiger partial charge < -0.3 is 15.0 Å². The molecular formula is C19H23N3O4. The van der Waals surface area contributed by atoms with Gasteiger partial charge in [0.05, 0.1) is 4.92 Å². The third-order valence-corrected chi connectivity index (χ3v) is 4.00. The first-order valence-electron chi connectivity index (χ1n) is 8.30. The van der Waals surface area contributed by atoms with Crippen LogP contribution in [0.4, 0.5) is 5.69 Å². The average molecular weight is 357 g/mol. The predicted octanol–water partition coefficient (Wildman–Crippen LogP) is 2.26. The van der Waals surface area contributed by atoms with Crippen LogP contribution in [0.5, 0.6) is 5.75 Å².